The topological polar surface area (TPSA) is 38.9 Å². The monoisotopic (exact) mass is 212 g/mol. The third kappa shape index (κ3) is 2.40. The summed E-state index contributed by atoms with van der Waals surface area (Å²) in [6.07, 6.45) is 5.60. The minimum atomic E-state index is 0.887. The van der Waals surface area contributed by atoms with E-state index in [1.54, 1.807) is 6.20 Å². The molecule has 0 saturated carbocycles. The first-order valence-electron chi connectivity index (χ1n) is 5.55. The van der Waals surface area contributed by atoms with E-state index in [-0.39, 0.29) is 0 Å². The summed E-state index contributed by atoms with van der Waals surface area (Å²) >= 11 is 0. The normalized spacial score (nSPS) is 10.3. The number of pyridine rings is 1. The van der Waals surface area contributed by atoms with Gasteiger partial charge in [-0.3, -0.25) is 4.98 Å². The highest BCUT2D eigenvalue weighted by Crippen LogP contribution is 2.17. The molecule has 1 aromatic carbocycles. The van der Waals surface area contributed by atoms with Gasteiger partial charge < -0.3 is 5.73 Å². The molecule has 2 aromatic rings. The quantitative estimate of drug-likeness (QED) is 0.794. The van der Waals surface area contributed by atoms with Gasteiger partial charge in [0.2, 0.25) is 0 Å². The van der Waals surface area contributed by atoms with Crippen LogP contribution >= 0.6 is 0 Å². The molecule has 2 nitrogen and oxygen atoms in total. The number of nitrogens with zero attached hydrogens (tertiary/aromatic N) is 1. The van der Waals surface area contributed by atoms with Crippen LogP contribution in [0.1, 0.15) is 23.6 Å². The summed E-state index contributed by atoms with van der Waals surface area (Å²) in [4.78, 5) is 4.12. The summed E-state index contributed by atoms with van der Waals surface area (Å²) in [6, 6.07) is 10.3. The van der Waals surface area contributed by atoms with E-state index < -0.39 is 0 Å². The fourth-order valence-electron chi connectivity index (χ4n) is 1.81. The smallest absolute Gasteiger partial charge is 0.0346 e. The van der Waals surface area contributed by atoms with Gasteiger partial charge >= 0.3 is 0 Å². The molecule has 82 valence electrons. The largest absolute Gasteiger partial charge is 0.399 e. The van der Waals surface area contributed by atoms with Crippen molar-refractivity contribution < 1.29 is 0 Å². The van der Waals surface area contributed by atoms with Gasteiger partial charge in [-0.1, -0.05) is 25.1 Å². The van der Waals surface area contributed by atoms with Crippen molar-refractivity contribution in [3.63, 3.8) is 0 Å². The van der Waals surface area contributed by atoms with Gasteiger partial charge in [-0.05, 0) is 41.7 Å². The Labute approximate surface area is 96.1 Å². The Morgan fingerprint density at radius 2 is 2.06 bits per heavy atom. The lowest BCUT2D eigenvalue weighted by atomic mass is 10.0. The van der Waals surface area contributed by atoms with Gasteiger partial charge in [0.25, 0.3) is 0 Å². The highest BCUT2D eigenvalue weighted by molar-refractivity contribution is 5.49. The van der Waals surface area contributed by atoms with Crippen LogP contribution in [0, 0.1) is 0 Å². The minimum Gasteiger partial charge on any atom is -0.399 e. The Hall–Kier alpha value is -1.83. The molecule has 2 rings (SSSR count). The molecule has 0 saturated heterocycles. The molecule has 0 bridgehead atoms. The van der Waals surface area contributed by atoms with Crippen LogP contribution in [0.2, 0.25) is 0 Å². The summed E-state index contributed by atoms with van der Waals surface area (Å²) in [6.45, 7) is 2.12. The average Bonchev–Trinajstić information content (AvgIpc) is 2.33. The van der Waals surface area contributed by atoms with E-state index in [2.05, 4.69) is 30.1 Å². The average molecular weight is 212 g/mol. The zero-order valence-corrected chi connectivity index (χ0v) is 9.48. The zero-order valence-electron chi connectivity index (χ0n) is 9.48. The van der Waals surface area contributed by atoms with Crippen LogP contribution in [0.5, 0.6) is 0 Å². The number of anilines is 1. The number of hydrogen-bond donors (Lipinski definition) is 1. The first kappa shape index (κ1) is 10.7. The number of nitrogens with two attached hydrogens (primary N) is 1. The molecule has 2 N–H and O–H groups in total. The van der Waals surface area contributed by atoms with Gasteiger partial charge in [-0.25, -0.2) is 0 Å². The number of nitrogen functional groups attached to an aromatic ring is 1. The predicted molar refractivity (Wildman–Crippen MR) is 67.3 cm³/mol. The maximum atomic E-state index is 5.88. The van der Waals surface area contributed by atoms with Crippen LogP contribution in [0.4, 0.5) is 5.69 Å². The van der Waals surface area contributed by atoms with Crippen molar-refractivity contribution in [2.24, 2.45) is 0 Å². The summed E-state index contributed by atoms with van der Waals surface area (Å²) in [5.41, 5.74) is 10.5. The van der Waals surface area contributed by atoms with E-state index in [0.717, 1.165) is 18.5 Å². The highest BCUT2D eigenvalue weighted by Gasteiger charge is 2.00. The van der Waals surface area contributed by atoms with Crippen LogP contribution in [0.15, 0.2) is 42.7 Å². The molecule has 2 heteroatoms. The van der Waals surface area contributed by atoms with E-state index in [4.69, 9.17) is 5.73 Å². The number of aryl methyl sites for hydroxylation is 1. The van der Waals surface area contributed by atoms with Crippen LogP contribution in [-0.2, 0) is 12.8 Å². The molecule has 0 aliphatic heterocycles. The fourth-order valence-corrected chi connectivity index (χ4v) is 1.81. The van der Waals surface area contributed by atoms with Gasteiger partial charge in [0.05, 0.1) is 0 Å². The van der Waals surface area contributed by atoms with E-state index in [1.807, 2.05) is 18.3 Å². The Bertz CT molecular complexity index is 463. The molecular weight excluding hydrogens is 196 g/mol. The molecule has 1 aromatic heterocycles. The van der Waals surface area contributed by atoms with Crippen molar-refractivity contribution in [1.82, 2.24) is 4.98 Å². The molecular formula is C14H16N2. The molecule has 0 fully saturated rings. The van der Waals surface area contributed by atoms with E-state index in [1.165, 1.54) is 16.7 Å². The molecule has 16 heavy (non-hydrogen) atoms. The van der Waals surface area contributed by atoms with Crippen molar-refractivity contribution in [2.75, 3.05) is 5.73 Å². The first-order chi connectivity index (χ1) is 7.79. The zero-order chi connectivity index (χ0) is 11.4. The third-order valence-corrected chi connectivity index (χ3v) is 2.72. The standard InChI is InChI=1S/C14H16N2/c1-2-13-9-11(5-6-14(13)15)8-12-4-3-7-16-10-12/h3-7,9-10H,2,8,15H2,1H3. The molecule has 0 spiro atoms. The summed E-state index contributed by atoms with van der Waals surface area (Å²) < 4.78 is 0. The van der Waals surface area contributed by atoms with Gasteiger partial charge in [-0.15, -0.1) is 0 Å². The Balaban J connectivity index is 2.22. The Kier molecular flexibility index (Phi) is 3.20. The maximum absolute atomic E-state index is 5.88. The van der Waals surface area contributed by atoms with Crippen LogP contribution in [0.3, 0.4) is 0 Å². The molecule has 0 amide bonds. The van der Waals surface area contributed by atoms with Crippen molar-refractivity contribution >= 4 is 5.69 Å². The summed E-state index contributed by atoms with van der Waals surface area (Å²) in [7, 11) is 0. The van der Waals surface area contributed by atoms with Crippen molar-refractivity contribution in [1.29, 1.82) is 0 Å². The maximum Gasteiger partial charge on any atom is 0.0346 e. The van der Waals surface area contributed by atoms with Crippen molar-refractivity contribution in [3.05, 3.63) is 59.4 Å². The van der Waals surface area contributed by atoms with Gasteiger partial charge in [0, 0.05) is 18.1 Å². The molecule has 0 aliphatic carbocycles. The first-order valence-corrected chi connectivity index (χ1v) is 5.55. The predicted octanol–water partition coefficient (Wildman–Crippen LogP) is 2.82. The SMILES string of the molecule is CCc1cc(Cc2cccnc2)ccc1N. The van der Waals surface area contributed by atoms with Gasteiger partial charge in [0.1, 0.15) is 0 Å². The Morgan fingerprint density at radius 1 is 1.19 bits per heavy atom. The van der Waals surface area contributed by atoms with E-state index in [0.29, 0.717) is 0 Å². The molecule has 1 heterocycles. The van der Waals surface area contributed by atoms with Crippen molar-refractivity contribution in [3.8, 4) is 0 Å². The number of aromatic nitrogens is 1. The second kappa shape index (κ2) is 4.79. The van der Waals surface area contributed by atoms with Crippen LogP contribution < -0.4 is 5.73 Å². The Morgan fingerprint density at radius 3 is 2.75 bits per heavy atom. The lowest BCUT2D eigenvalue weighted by Gasteiger charge is -2.06. The van der Waals surface area contributed by atoms with Crippen LogP contribution in [-0.4, -0.2) is 4.98 Å². The molecule has 0 aliphatic rings. The second-order valence-electron chi connectivity index (χ2n) is 3.92. The number of hydrogen-bond acceptors (Lipinski definition) is 2. The summed E-state index contributed by atoms with van der Waals surface area (Å²) in [5, 5.41) is 0. The second-order valence-corrected chi connectivity index (χ2v) is 3.92. The third-order valence-electron chi connectivity index (χ3n) is 2.72. The lowest BCUT2D eigenvalue weighted by molar-refractivity contribution is 1.10. The molecule has 0 atom stereocenters. The van der Waals surface area contributed by atoms with Gasteiger partial charge in [0.15, 0.2) is 0 Å². The van der Waals surface area contributed by atoms with E-state index in [9.17, 15) is 0 Å². The van der Waals surface area contributed by atoms with E-state index >= 15 is 0 Å². The number of rotatable bonds is 3. The minimum absolute atomic E-state index is 0.887. The number of benzene rings is 1. The molecule has 0 radical (unpaired) electrons. The highest BCUT2D eigenvalue weighted by atomic mass is 14.6. The van der Waals surface area contributed by atoms with Crippen LogP contribution in [0.25, 0.3) is 0 Å². The lowest BCUT2D eigenvalue weighted by Crippen LogP contribution is -1.96. The van der Waals surface area contributed by atoms with Crippen molar-refractivity contribution in [2.45, 2.75) is 19.8 Å². The fraction of sp³-hybridized carbons (Fsp3) is 0.214. The summed E-state index contributed by atoms with van der Waals surface area (Å²) in [5.74, 6) is 0. The molecule has 0 unspecified atom stereocenters. The van der Waals surface area contributed by atoms with Gasteiger partial charge in [-0.2, -0.15) is 0 Å².